The van der Waals surface area contributed by atoms with Crippen molar-refractivity contribution >= 4 is 57.7 Å². The summed E-state index contributed by atoms with van der Waals surface area (Å²) in [4.78, 5) is 14.5. The second-order valence-corrected chi connectivity index (χ2v) is 14.6. The monoisotopic (exact) mass is 690 g/mol. The molecule has 0 atom stereocenters. The van der Waals surface area contributed by atoms with Crippen LogP contribution in [0.15, 0.2) is 35.2 Å². The zero-order chi connectivity index (χ0) is 32.8. The molecule has 2 aromatic carbocycles. The SMILES string of the molecule is COC(=O)c1c2c3ccc(Cl)c(c3n1C)-c1c(C)nn(C)c1CSCc1cc(n(C)n1)CSc1cc3c(c(c1)OCCC2)NCCC3. The van der Waals surface area contributed by atoms with Gasteiger partial charge in [0.2, 0.25) is 0 Å². The van der Waals surface area contributed by atoms with E-state index >= 15 is 0 Å². The summed E-state index contributed by atoms with van der Waals surface area (Å²) in [6, 6.07) is 10.6. The molecule has 0 radical (unpaired) electrons. The smallest absolute Gasteiger partial charge is 0.354 e. The lowest BCUT2D eigenvalue weighted by molar-refractivity contribution is 0.0589. The third-order valence-electron chi connectivity index (χ3n) is 9.19. The van der Waals surface area contributed by atoms with Crippen molar-refractivity contribution in [2.45, 2.75) is 54.8 Å². The Bertz CT molecular complexity index is 2010. The maximum atomic E-state index is 13.3. The Labute approximate surface area is 288 Å². The second kappa shape index (κ2) is 13.2. The molecular formula is C35H39ClN6O3S2. The van der Waals surface area contributed by atoms with E-state index in [1.165, 1.54) is 23.3 Å². The molecule has 7 rings (SSSR count). The van der Waals surface area contributed by atoms with Crippen LogP contribution in [0.1, 0.15) is 57.2 Å². The summed E-state index contributed by atoms with van der Waals surface area (Å²) in [6.07, 6.45) is 3.50. The van der Waals surface area contributed by atoms with E-state index in [4.69, 9.17) is 31.3 Å². The number of fused-ring (bicyclic) bond motifs is 8. The molecule has 0 fully saturated rings. The fourth-order valence-corrected chi connectivity index (χ4v) is 9.22. The van der Waals surface area contributed by atoms with Gasteiger partial charge in [-0.1, -0.05) is 17.7 Å². The summed E-state index contributed by atoms with van der Waals surface area (Å²) in [5, 5.41) is 14.9. The molecule has 47 heavy (non-hydrogen) atoms. The summed E-state index contributed by atoms with van der Waals surface area (Å²) in [6.45, 7) is 3.47. The molecule has 0 saturated heterocycles. The average Bonchev–Trinajstić information content (AvgIpc) is 3.66. The molecule has 9 nitrogen and oxygen atoms in total. The molecule has 8 bridgehead atoms. The number of carbonyl (C=O) groups excluding carboxylic acids is 1. The topological polar surface area (TPSA) is 88.1 Å². The Balaban J connectivity index is 1.35. The molecule has 2 aliphatic rings. The maximum Gasteiger partial charge on any atom is 0.354 e. The van der Waals surface area contributed by atoms with Crippen LogP contribution in [0.25, 0.3) is 22.0 Å². The number of rotatable bonds is 1. The van der Waals surface area contributed by atoms with Gasteiger partial charge in [-0.25, -0.2) is 4.79 Å². The molecule has 5 heterocycles. The minimum atomic E-state index is -0.368. The highest BCUT2D eigenvalue weighted by Gasteiger charge is 2.28. The van der Waals surface area contributed by atoms with Gasteiger partial charge in [-0.05, 0) is 68.0 Å². The van der Waals surface area contributed by atoms with E-state index in [-0.39, 0.29) is 5.97 Å². The highest BCUT2D eigenvalue weighted by Crippen LogP contribution is 2.43. The number of ether oxygens (including phenoxy) is 2. The van der Waals surface area contributed by atoms with E-state index in [1.54, 1.807) is 0 Å². The lowest BCUT2D eigenvalue weighted by Crippen LogP contribution is -2.14. The van der Waals surface area contributed by atoms with Gasteiger partial charge in [-0.3, -0.25) is 9.36 Å². The molecule has 5 aromatic rings. The van der Waals surface area contributed by atoms with Crippen LogP contribution in [-0.4, -0.2) is 50.4 Å². The fourth-order valence-electron chi connectivity index (χ4n) is 6.99. The number of hydrogen-bond donors (Lipinski definition) is 1. The standard InChI is InChI=1S/C35H39ClN6O3S2/c1-20-30-28(42(4)38-20)19-46-17-22-15-23(41(3)39-22)18-47-24-14-21-8-6-12-37-32(21)29(16-24)45-13-7-9-25-26-10-11-27(36)31(30)33(26)40(2)34(25)35(43)44-5/h10-11,14-16,37H,6-9,12-13,17-19H2,1-5H3. The summed E-state index contributed by atoms with van der Waals surface area (Å²) in [7, 11) is 7.36. The summed E-state index contributed by atoms with van der Waals surface area (Å²) in [5.74, 6) is 2.83. The number of thioether (sulfide) groups is 2. The van der Waals surface area contributed by atoms with Gasteiger partial charge in [-0.15, -0.1) is 23.5 Å². The first-order valence-electron chi connectivity index (χ1n) is 15.9. The molecule has 0 saturated carbocycles. The first kappa shape index (κ1) is 32.0. The number of methoxy groups -OCH3 is 1. The van der Waals surface area contributed by atoms with E-state index < -0.39 is 0 Å². The van der Waals surface area contributed by atoms with Gasteiger partial charge in [0.15, 0.2) is 0 Å². The second-order valence-electron chi connectivity index (χ2n) is 12.2. The van der Waals surface area contributed by atoms with Gasteiger partial charge in [0.25, 0.3) is 0 Å². The zero-order valence-corrected chi connectivity index (χ0v) is 29.8. The van der Waals surface area contributed by atoms with Crippen molar-refractivity contribution in [3.05, 3.63) is 75.0 Å². The minimum Gasteiger partial charge on any atom is -0.491 e. The predicted molar refractivity (Wildman–Crippen MR) is 191 cm³/mol. The molecule has 1 N–H and O–H groups in total. The quantitative estimate of drug-likeness (QED) is 0.181. The molecule has 246 valence electrons. The third kappa shape index (κ3) is 5.91. The predicted octanol–water partition coefficient (Wildman–Crippen LogP) is 7.47. The minimum absolute atomic E-state index is 0.368. The first-order valence-corrected chi connectivity index (χ1v) is 18.4. The largest absolute Gasteiger partial charge is 0.491 e. The normalized spacial score (nSPS) is 15.4. The number of hydrogen-bond acceptors (Lipinski definition) is 8. The number of benzene rings is 2. The van der Waals surface area contributed by atoms with Gasteiger partial charge < -0.3 is 19.4 Å². The van der Waals surface area contributed by atoms with Crippen LogP contribution in [0.2, 0.25) is 5.02 Å². The number of carbonyl (C=O) groups is 1. The Hall–Kier alpha value is -3.54. The number of aryl methyl sites for hydroxylation is 6. The van der Waals surface area contributed by atoms with E-state index in [0.717, 1.165) is 99.2 Å². The van der Waals surface area contributed by atoms with Gasteiger partial charge >= 0.3 is 5.97 Å². The third-order valence-corrected chi connectivity index (χ3v) is 11.5. The molecule has 0 aliphatic carbocycles. The van der Waals surface area contributed by atoms with E-state index in [9.17, 15) is 4.79 Å². The van der Waals surface area contributed by atoms with Crippen LogP contribution in [0.3, 0.4) is 0 Å². The van der Waals surface area contributed by atoms with E-state index in [0.29, 0.717) is 23.7 Å². The van der Waals surface area contributed by atoms with Crippen LogP contribution >= 0.6 is 35.1 Å². The Kier molecular flexibility index (Phi) is 8.97. The number of halogens is 1. The Morgan fingerprint density at radius 2 is 1.87 bits per heavy atom. The molecule has 0 unspecified atom stereocenters. The summed E-state index contributed by atoms with van der Waals surface area (Å²) < 4.78 is 17.7. The summed E-state index contributed by atoms with van der Waals surface area (Å²) >= 11 is 10.7. The van der Waals surface area contributed by atoms with Gasteiger partial charge in [0.05, 0.1) is 47.0 Å². The van der Waals surface area contributed by atoms with E-state index in [2.05, 4.69) is 23.5 Å². The molecular weight excluding hydrogens is 652 g/mol. The van der Waals surface area contributed by atoms with Crippen LogP contribution in [-0.2, 0) is 56.0 Å². The maximum absolute atomic E-state index is 13.3. The Morgan fingerprint density at radius 3 is 2.70 bits per heavy atom. The molecule has 3 aromatic heterocycles. The van der Waals surface area contributed by atoms with Gasteiger partial charge in [-0.2, -0.15) is 10.2 Å². The van der Waals surface area contributed by atoms with E-state index in [1.807, 2.05) is 77.7 Å². The van der Waals surface area contributed by atoms with Crippen molar-refractivity contribution in [1.29, 1.82) is 0 Å². The van der Waals surface area contributed by atoms with Crippen LogP contribution in [0.4, 0.5) is 5.69 Å². The Morgan fingerprint density at radius 1 is 1.02 bits per heavy atom. The van der Waals surface area contributed by atoms with Crippen LogP contribution in [0, 0.1) is 6.92 Å². The lowest BCUT2D eigenvalue weighted by Gasteiger charge is -2.22. The molecule has 2 aliphatic heterocycles. The van der Waals surface area contributed by atoms with Crippen molar-refractivity contribution in [3.63, 3.8) is 0 Å². The highest BCUT2D eigenvalue weighted by molar-refractivity contribution is 7.98. The lowest BCUT2D eigenvalue weighted by atomic mass is 9.98. The van der Waals surface area contributed by atoms with Crippen molar-refractivity contribution in [3.8, 4) is 16.9 Å². The molecule has 12 heteroatoms. The van der Waals surface area contributed by atoms with Crippen molar-refractivity contribution in [2.24, 2.45) is 21.1 Å². The van der Waals surface area contributed by atoms with Crippen LogP contribution < -0.4 is 10.1 Å². The number of nitrogens with one attached hydrogen (secondary N) is 1. The van der Waals surface area contributed by atoms with Crippen molar-refractivity contribution in [1.82, 2.24) is 24.1 Å². The van der Waals surface area contributed by atoms with Crippen molar-refractivity contribution in [2.75, 3.05) is 25.6 Å². The summed E-state index contributed by atoms with van der Waals surface area (Å²) in [5.41, 5.74) is 10.9. The zero-order valence-electron chi connectivity index (χ0n) is 27.4. The average molecular weight is 691 g/mol. The van der Waals surface area contributed by atoms with Crippen LogP contribution in [0.5, 0.6) is 5.75 Å². The fraction of sp³-hybridized carbons (Fsp3) is 0.400. The van der Waals surface area contributed by atoms with Crippen molar-refractivity contribution < 1.29 is 14.3 Å². The molecule has 0 spiro atoms. The van der Waals surface area contributed by atoms with Gasteiger partial charge in [0, 0.05) is 72.0 Å². The van der Waals surface area contributed by atoms with Gasteiger partial charge in [0.1, 0.15) is 11.4 Å². The molecule has 0 amide bonds. The highest BCUT2D eigenvalue weighted by atomic mass is 35.5. The number of esters is 1. The number of aromatic nitrogens is 5. The number of nitrogens with zero attached hydrogens (tertiary/aromatic N) is 5. The first-order chi connectivity index (χ1) is 22.7. The number of anilines is 1.